The van der Waals surface area contributed by atoms with Gasteiger partial charge in [-0.2, -0.15) is 0 Å². The lowest BCUT2D eigenvalue weighted by atomic mass is 10.3. The van der Waals surface area contributed by atoms with E-state index in [1.807, 2.05) is 23.6 Å². The lowest BCUT2D eigenvalue weighted by molar-refractivity contribution is -0.109. The molecule has 0 aliphatic heterocycles. The molecule has 0 atom stereocenters. The summed E-state index contributed by atoms with van der Waals surface area (Å²) in [5.74, 6) is 2.57. The largest absolute Gasteiger partial charge is 0.280 e. The van der Waals surface area contributed by atoms with E-state index < -0.39 is 8.07 Å². The summed E-state index contributed by atoms with van der Waals surface area (Å²) in [5.41, 5.74) is 3.04. The molecule has 0 fully saturated rings. The third kappa shape index (κ3) is 5.36. The van der Waals surface area contributed by atoms with Crippen molar-refractivity contribution in [1.82, 2.24) is 0 Å². The molecule has 0 aromatic carbocycles. The SMILES string of the molecule is C[Si](C)(C)C#CC(=O)/C=C/c1cccs1. The maximum Gasteiger partial charge on any atom is 0.228 e. The fourth-order valence-corrected chi connectivity index (χ4v) is 1.95. The highest BCUT2D eigenvalue weighted by molar-refractivity contribution is 7.10. The molecule has 78 valence electrons. The summed E-state index contributed by atoms with van der Waals surface area (Å²) in [6.07, 6.45) is 3.35. The summed E-state index contributed by atoms with van der Waals surface area (Å²) in [4.78, 5) is 12.4. The van der Waals surface area contributed by atoms with Gasteiger partial charge in [0, 0.05) is 4.88 Å². The maximum absolute atomic E-state index is 11.4. The minimum atomic E-state index is -1.43. The number of allylic oxidation sites excluding steroid dienone is 1. The van der Waals surface area contributed by atoms with Gasteiger partial charge < -0.3 is 0 Å². The first kappa shape index (κ1) is 12.0. The molecule has 0 N–H and O–H groups in total. The predicted molar refractivity (Wildman–Crippen MR) is 69.5 cm³/mol. The molecule has 0 saturated heterocycles. The number of ketones is 1. The van der Waals surface area contributed by atoms with Crippen LogP contribution in [0.5, 0.6) is 0 Å². The van der Waals surface area contributed by atoms with Crippen LogP contribution in [-0.2, 0) is 4.79 Å². The minimum Gasteiger partial charge on any atom is -0.280 e. The van der Waals surface area contributed by atoms with Gasteiger partial charge in [-0.25, -0.2) is 0 Å². The van der Waals surface area contributed by atoms with E-state index in [2.05, 4.69) is 31.1 Å². The fraction of sp³-hybridized carbons (Fsp3) is 0.250. The van der Waals surface area contributed by atoms with Gasteiger partial charge in [-0.15, -0.1) is 16.9 Å². The fourth-order valence-electron chi connectivity index (χ4n) is 0.835. The van der Waals surface area contributed by atoms with Gasteiger partial charge in [0.25, 0.3) is 0 Å². The van der Waals surface area contributed by atoms with Gasteiger partial charge >= 0.3 is 0 Å². The molecule has 1 aromatic rings. The molecule has 1 aromatic heterocycles. The molecule has 1 heterocycles. The van der Waals surface area contributed by atoms with Crippen LogP contribution >= 0.6 is 11.3 Å². The van der Waals surface area contributed by atoms with Crippen molar-refractivity contribution in [3.63, 3.8) is 0 Å². The Balaban J connectivity index is 2.60. The van der Waals surface area contributed by atoms with Crippen LogP contribution < -0.4 is 0 Å². The molecule has 0 radical (unpaired) electrons. The summed E-state index contributed by atoms with van der Waals surface area (Å²) in [6, 6.07) is 3.93. The monoisotopic (exact) mass is 234 g/mol. The van der Waals surface area contributed by atoms with Crippen LogP contribution in [0.15, 0.2) is 23.6 Å². The van der Waals surface area contributed by atoms with Gasteiger partial charge in [0.15, 0.2) is 0 Å². The minimum absolute atomic E-state index is 0.106. The number of hydrogen-bond acceptors (Lipinski definition) is 2. The standard InChI is InChI=1S/C12H14OSSi/c1-15(2,3)10-8-11(13)6-7-12-5-4-9-14-12/h4-7,9H,1-3H3/b7-6+. The van der Waals surface area contributed by atoms with Crippen LogP contribution in [0.1, 0.15) is 4.88 Å². The molecule has 0 aliphatic carbocycles. The van der Waals surface area contributed by atoms with Gasteiger partial charge in [-0.1, -0.05) is 25.7 Å². The second-order valence-corrected chi connectivity index (χ2v) is 9.94. The molecule has 0 aliphatic rings. The van der Waals surface area contributed by atoms with E-state index in [1.165, 1.54) is 0 Å². The zero-order chi connectivity index (χ0) is 11.3. The van der Waals surface area contributed by atoms with E-state index in [9.17, 15) is 4.79 Å². The lowest BCUT2D eigenvalue weighted by Gasteiger charge is -2.02. The maximum atomic E-state index is 11.4. The zero-order valence-electron chi connectivity index (χ0n) is 9.20. The first-order valence-corrected chi connectivity index (χ1v) is 9.14. The normalized spacial score (nSPS) is 11.1. The van der Waals surface area contributed by atoms with Crippen LogP contribution in [0.3, 0.4) is 0 Å². The molecule has 3 heteroatoms. The summed E-state index contributed by atoms with van der Waals surface area (Å²) < 4.78 is 0. The van der Waals surface area contributed by atoms with Crippen molar-refractivity contribution in [2.24, 2.45) is 0 Å². The Hall–Kier alpha value is -1.11. The van der Waals surface area contributed by atoms with Crippen molar-refractivity contribution in [1.29, 1.82) is 0 Å². The molecule has 0 spiro atoms. The molecule has 1 nitrogen and oxygen atoms in total. The van der Waals surface area contributed by atoms with Crippen LogP contribution in [0, 0.1) is 11.5 Å². The third-order valence-corrected chi connectivity index (χ3v) is 3.22. The summed E-state index contributed by atoms with van der Waals surface area (Å²) in [5, 5.41) is 1.98. The second-order valence-electron chi connectivity index (χ2n) is 4.21. The number of carbonyl (C=O) groups excluding carboxylic acids is 1. The predicted octanol–water partition coefficient (Wildman–Crippen LogP) is 3.21. The van der Waals surface area contributed by atoms with Crippen molar-refractivity contribution in [2.75, 3.05) is 0 Å². The zero-order valence-corrected chi connectivity index (χ0v) is 11.0. The van der Waals surface area contributed by atoms with Crippen LogP contribution in [0.25, 0.3) is 6.08 Å². The van der Waals surface area contributed by atoms with E-state index in [1.54, 1.807) is 17.4 Å². The quantitative estimate of drug-likeness (QED) is 0.436. The Morgan fingerprint density at radius 3 is 2.73 bits per heavy atom. The van der Waals surface area contributed by atoms with Crippen molar-refractivity contribution >= 4 is 31.3 Å². The molecular formula is C12H14OSSi. The highest BCUT2D eigenvalue weighted by Gasteiger charge is 2.07. The number of thiophene rings is 1. The topological polar surface area (TPSA) is 17.1 Å². The Kier molecular flexibility index (Phi) is 4.07. The van der Waals surface area contributed by atoms with Gasteiger partial charge in [0.2, 0.25) is 5.78 Å². The van der Waals surface area contributed by atoms with Gasteiger partial charge in [-0.3, -0.25) is 4.79 Å². The summed E-state index contributed by atoms with van der Waals surface area (Å²) in [7, 11) is -1.43. The van der Waals surface area contributed by atoms with Crippen LogP contribution in [0.4, 0.5) is 0 Å². The third-order valence-electron chi connectivity index (χ3n) is 1.50. The van der Waals surface area contributed by atoms with Gasteiger partial charge in [0.1, 0.15) is 8.07 Å². The second kappa shape index (κ2) is 5.10. The Labute approximate surface area is 95.8 Å². The van der Waals surface area contributed by atoms with E-state index in [0.717, 1.165) is 4.88 Å². The molecule has 0 saturated carbocycles. The van der Waals surface area contributed by atoms with Crippen molar-refractivity contribution in [3.8, 4) is 11.5 Å². The average molecular weight is 234 g/mol. The van der Waals surface area contributed by atoms with Crippen LogP contribution in [0.2, 0.25) is 19.6 Å². The summed E-state index contributed by atoms with van der Waals surface area (Å²) >= 11 is 1.61. The Morgan fingerprint density at radius 2 is 2.20 bits per heavy atom. The van der Waals surface area contributed by atoms with Gasteiger partial charge in [0.05, 0.1) is 0 Å². The number of hydrogen-bond donors (Lipinski definition) is 0. The molecule has 0 bridgehead atoms. The number of rotatable bonds is 2. The molecule has 0 unspecified atom stereocenters. The molecule has 15 heavy (non-hydrogen) atoms. The summed E-state index contributed by atoms with van der Waals surface area (Å²) in [6.45, 7) is 6.36. The molecular weight excluding hydrogens is 220 g/mol. The first-order chi connectivity index (χ1) is 6.97. The molecule has 1 rings (SSSR count). The van der Waals surface area contributed by atoms with E-state index in [-0.39, 0.29) is 5.78 Å². The van der Waals surface area contributed by atoms with Crippen molar-refractivity contribution in [3.05, 3.63) is 28.5 Å². The Morgan fingerprint density at radius 1 is 1.47 bits per heavy atom. The Bertz CT molecular complexity index is 413. The number of carbonyl (C=O) groups is 1. The van der Waals surface area contributed by atoms with Crippen LogP contribution in [-0.4, -0.2) is 13.9 Å². The highest BCUT2D eigenvalue weighted by Crippen LogP contribution is 2.09. The molecule has 0 amide bonds. The van der Waals surface area contributed by atoms with E-state index in [0.29, 0.717) is 0 Å². The van der Waals surface area contributed by atoms with Gasteiger partial charge in [-0.05, 0) is 29.5 Å². The van der Waals surface area contributed by atoms with E-state index in [4.69, 9.17) is 0 Å². The smallest absolute Gasteiger partial charge is 0.228 e. The van der Waals surface area contributed by atoms with E-state index >= 15 is 0 Å². The van der Waals surface area contributed by atoms with Crippen molar-refractivity contribution in [2.45, 2.75) is 19.6 Å². The average Bonchev–Trinajstić information content (AvgIpc) is 2.62. The van der Waals surface area contributed by atoms with Crippen molar-refractivity contribution < 1.29 is 4.79 Å². The first-order valence-electron chi connectivity index (χ1n) is 4.76. The lowest BCUT2D eigenvalue weighted by Crippen LogP contribution is -2.16. The highest BCUT2D eigenvalue weighted by atomic mass is 32.1.